The van der Waals surface area contributed by atoms with E-state index >= 15 is 0 Å². The Kier molecular flexibility index (Phi) is 12.1. The van der Waals surface area contributed by atoms with Crippen molar-refractivity contribution in [3.63, 3.8) is 0 Å². The normalized spacial score (nSPS) is 20.4. The zero-order chi connectivity index (χ0) is 31.4. The molecule has 2 aliphatic rings. The van der Waals surface area contributed by atoms with Gasteiger partial charge in [-0.3, -0.25) is 19.7 Å². The van der Waals surface area contributed by atoms with E-state index in [1.165, 1.54) is 0 Å². The van der Waals surface area contributed by atoms with Crippen molar-refractivity contribution in [2.45, 2.75) is 63.8 Å². The van der Waals surface area contributed by atoms with E-state index in [9.17, 15) is 14.7 Å². The molecule has 10 heteroatoms. The number of morpholine rings is 1. The number of hydrogen-bond acceptors (Lipinski definition) is 8. The molecule has 0 radical (unpaired) electrons. The molecule has 0 aromatic heterocycles. The number of hydrogen-bond donors (Lipinski definition) is 4. The molecule has 2 fully saturated rings. The van der Waals surface area contributed by atoms with Gasteiger partial charge in [0.1, 0.15) is 0 Å². The molecule has 0 spiro atoms. The van der Waals surface area contributed by atoms with Crippen LogP contribution >= 0.6 is 0 Å². The minimum absolute atomic E-state index is 0.00638. The Morgan fingerprint density at radius 2 is 1.53 bits per heavy atom. The summed E-state index contributed by atoms with van der Waals surface area (Å²) < 4.78 is 18.6. The smallest absolute Gasteiger partial charge is 0.243 e. The van der Waals surface area contributed by atoms with Gasteiger partial charge in [0, 0.05) is 51.0 Å². The third-order valence-corrected chi connectivity index (χ3v) is 8.35. The maximum absolute atomic E-state index is 12.4. The van der Waals surface area contributed by atoms with Crippen LogP contribution in [0.2, 0.25) is 0 Å². The number of unbranched alkanes of at least 4 members (excludes halogenated alkanes) is 1. The van der Waals surface area contributed by atoms with Gasteiger partial charge in [-0.25, -0.2) is 5.48 Å². The summed E-state index contributed by atoms with van der Waals surface area (Å²) >= 11 is 0. The number of nitrogens with one attached hydrogen (secondary N) is 2. The topological polar surface area (TPSA) is 130 Å². The van der Waals surface area contributed by atoms with E-state index in [1.54, 1.807) is 5.48 Å². The third-order valence-electron chi connectivity index (χ3n) is 8.35. The molecule has 3 aromatic carbocycles. The second-order valence-corrected chi connectivity index (χ2v) is 11.6. The van der Waals surface area contributed by atoms with E-state index in [1.807, 2.05) is 60.7 Å². The van der Waals surface area contributed by atoms with Crippen molar-refractivity contribution in [2.75, 3.05) is 32.8 Å². The first-order valence-electron chi connectivity index (χ1n) is 15.7. The summed E-state index contributed by atoms with van der Waals surface area (Å²) in [6.07, 6.45) is 1.65. The molecule has 3 atom stereocenters. The van der Waals surface area contributed by atoms with Gasteiger partial charge in [-0.05, 0) is 40.7 Å². The zero-order valence-electron chi connectivity index (χ0n) is 25.5. The van der Waals surface area contributed by atoms with Crippen LogP contribution in [0.25, 0.3) is 11.1 Å². The quantitative estimate of drug-likeness (QED) is 0.126. The van der Waals surface area contributed by atoms with Gasteiger partial charge >= 0.3 is 0 Å². The summed E-state index contributed by atoms with van der Waals surface area (Å²) in [5.74, 6) is -0.526. The molecule has 45 heavy (non-hydrogen) atoms. The number of benzene rings is 3. The fourth-order valence-corrected chi connectivity index (χ4v) is 5.79. The molecule has 0 bridgehead atoms. The summed E-state index contributed by atoms with van der Waals surface area (Å²) in [7, 11) is 0. The fourth-order valence-electron chi connectivity index (χ4n) is 5.79. The van der Waals surface area contributed by atoms with Gasteiger partial charge in [0.15, 0.2) is 6.29 Å². The Labute approximate surface area is 264 Å². The molecule has 2 heterocycles. The van der Waals surface area contributed by atoms with Crippen molar-refractivity contribution in [1.82, 2.24) is 15.7 Å². The van der Waals surface area contributed by atoms with Gasteiger partial charge in [0.2, 0.25) is 11.8 Å². The van der Waals surface area contributed by atoms with Crippen molar-refractivity contribution in [3.05, 3.63) is 95.1 Å². The van der Waals surface area contributed by atoms with Crippen LogP contribution in [-0.2, 0) is 37.0 Å². The fraction of sp³-hybridized carbons (Fsp3) is 0.429. The lowest BCUT2D eigenvalue weighted by Crippen LogP contribution is -2.44. The van der Waals surface area contributed by atoms with E-state index in [-0.39, 0.29) is 31.1 Å². The number of aliphatic hydroxyl groups excluding tert-OH is 1. The average molecular weight is 618 g/mol. The first-order chi connectivity index (χ1) is 22.0. The first-order valence-corrected chi connectivity index (χ1v) is 15.7. The molecule has 10 nitrogen and oxygen atoms in total. The summed E-state index contributed by atoms with van der Waals surface area (Å²) in [6, 6.07) is 24.1. The first kappa shape index (κ1) is 32.7. The van der Waals surface area contributed by atoms with Gasteiger partial charge in [-0.2, -0.15) is 0 Å². The number of ether oxygens (including phenoxy) is 3. The highest BCUT2D eigenvalue weighted by Crippen LogP contribution is 2.39. The van der Waals surface area contributed by atoms with Crippen LogP contribution in [0.4, 0.5) is 0 Å². The lowest BCUT2D eigenvalue weighted by Gasteiger charge is -2.39. The summed E-state index contributed by atoms with van der Waals surface area (Å²) in [6.45, 7) is 4.45. The predicted molar refractivity (Wildman–Crippen MR) is 168 cm³/mol. The van der Waals surface area contributed by atoms with Crippen LogP contribution < -0.4 is 10.8 Å². The lowest BCUT2D eigenvalue weighted by molar-refractivity contribution is -0.253. The molecule has 240 valence electrons. The van der Waals surface area contributed by atoms with Gasteiger partial charge in [-0.1, -0.05) is 72.8 Å². The summed E-state index contributed by atoms with van der Waals surface area (Å²) in [5.41, 5.74) is 7.53. The van der Waals surface area contributed by atoms with E-state index < -0.39 is 12.2 Å². The van der Waals surface area contributed by atoms with E-state index in [4.69, 9.17) is 19.4 Å². The zero-order valence-corrected chi connectivity index (χ0v) is 25.5. The van der Waals surface area contributed by atoms with E-state index in [0.29, 0.717) is 25.8 Å². The third kappa shape index (κ3) is 9.43. The van der Waals surface area contributed by atoms with Gasteiger partial charge < -0.3 is 24.6 Å². The molecule has 3 aromatic rings. The average Bonchev–Trinajstić information content (AvgIpc) is 3.09. The highest BCUT2D eigenvalue weighted by Gasteiger charge is 2.33. The van der Waals surface area contributed by atoms with Crippen LogP contribution in [0.3, 0.4) is 0 Å². The number of hydroxylamine groups is 1. The van der Waals surface area contributed by atoms with Crippen molar-refractivity contribution in [1.29, 1.82) is 0 Å². The van der Waals surface area contributed by atoms with E-state index in [0.717, 1.165) is 72.6 Å². The Bertz CT molecular complexity index is 1380. The minimum atomic E-state index is -0.528. The Balaban J connectivity index is 1.25. The van der Waals surface area contributed by atoms with Crippen LogP contribution in [0.1, 0.15) is 66.8 Å². The minimum Gasteiger partial charge on any atom is -0.392 e. The van der Waals surface area contributed by atoms with Crippen molar-refractivity contribution in [3.8, 4) is 11.1 Å². The van der Waals surface area contributed by atoms with Crippen LogP contribution in [0.15, 0.2) is 72.8 Å². The lowest BCUT2D eigenvalue weighted by atomic mass is 9.97. The Morgan fingerprint density at radius 1 is 0.844 bits per heavy atom. The van der Waals surface area contributed by atoms with Gasteiger partial charge in [0.25, 0.3) is 0 Å². The van der Waals surface area contributed by atoms with Crippen molar-refractivity contribution in [2.24, 2.45) is 0 Å². The molecular weight excluding hydrogens is 574 g/mol. The number of nitrogens with zero attached hydrogens (tertiary/aromatic N) is 1. The highest BCUT2D eigenvalue weighted by atomic mass is 16.7. The largest absolute Gasteiger partial charge is 0.392 e. The van der Waals surface area contributed by atoms with Crippen LogP contribution in [0.5, 0.6) is 0 Å². The molecule has 0 aliphatic carbocycles. The predicted octanol–water partition coefficient (Wildman–Crippen LogP) is 4.41. The maximum Gasteiger partial charge on any atom is 0.243 e. The number of rotatable bonds is 13. The highest BCUT2D eigenvalue weighted by molar-refractivity contribution is 5.77. The number of amides is 2. The molecule has 2 saturated heterocycles. The van der Waals surface area contributed by atoms with Crippen LogP contribution in [0, 0.1) is 0 Å². The van der Waals surface area contributed by atoms with Crippen molar-refractivity contribution >= 4 is 11.8 Å². The SMILES string of the molecule is O=C(CCCCC(=O)NCc1ccccc1-c1ccc([C@H]2O[C@@H](CN3CCOCC3)C[C@@H](c3ccc(CO)cc3)O2)cc1)NO. The van der Waals surface area contributed by atoms with Gasteiger partial charge in [-0.15, -0.1) is 0 Å². The maximum atomic E-state index is 12.4. The molecule has 4 N–H and O–H groups in total. The van der Waals surface area contributed by atoms with E-state index in [2.05, 4.69) is 22.3 Å². The van der Waals surface area contributed by atoms with Crippen LogP contribution in [-0.4, -0.2) is 66.0 Å². The standard InChI is InChI=1S/C35H43N3O7/c39-24-25-9-11-27(12-10-25)32-21-30(23-38-17-19-43-20-18-38)44-35(45-32)28-15-13-26(14-16-28)31-6-2-1-5-29(31)22-36-33(40)7-3-4-8-34(41)37-42/h1-2,5-6,9-16,30,32,35,39,42H,3-4,7-8,17-24H2,(H,36,40)(H,37,41)/t30-,32+,35+/m1/s1. The summed E-state index contributed by atoms with van der Waals surface area (Å²) in [4.78, 5) is 25.9. The van der Waals surface area contributed by atoms with Gasteiger partial charge in [0.05, 0.1) is 32.0 Å². The Morgan fingerprint density at radius 3 is 2.24 bits per heavy atom. The summed E-state index contributed by atoms with van der Waals surface area (Å²) in [5, 5.41) is 21.1. The van der Waals surface area contributed by atoms with Crippen molar-refractivity contribution < 1.29 is 34.1 Å². The molecule has 0 unspecified atom stereocenters. The monoisotopic (exact) mass is 617 g/mol. The molecule has 2 amide bonds. The molecule has 0 saturated carbocycles. The number of carbonyl (C=O) groups is 2. The molecule has 5 rings (SSSR count). The molecule has 2 aliphatic heterocycles. The Hall–Kier alpha value is -3.64. The second kappa shape index (κ2) is 16.6. The second-order valence-electron chi connectivity index (χ2n) is 11.6. The number of carbonyl (C=O) groups excluding carboxylic acids is 2. The molecular formula is C35H43N3O7. The number of aliphatic hydroxyl groups is 1.